The number of amides is 2. The first kappa shape index (κ1) is 21.6. The first-order valence-corrected chi connectivity index (χ1v) is 9.86. The van der Waals surface area contributed by atoms with Gasteiger partial charge in [-0.15, -0.1) is 0 Å². The lowest BCUT2D eigenvalue weighted by Gasteiger charge is -2.14. The van der Waals surface area contributed by atoms with E-state index in [4.69, 9.17) is 9.47 Å². The van der Waals surface area contributed by atoms with Gasteiger partial charge in [-0.25, -0.2) is 0 Å². The van der Waals surface area contributed by atoms with Crippen molar-refractivity contribution in [2.45, 2.75) is 13.8 Å². The third kappa shape index (κ3) is 3.96. The van der Waals surface area contributed by atoms with Gasteiger partial charge in [0.25, 0.3) is 16.8 Å². The number of carbonyl (C=O) groups is 2. The smallest absolute Gasteiger partial charge is 0.293 e. The van der Waals surface area contributed by atoms with Gasteiger partial charge < -0.3 is 14.0 Å². The summed E-state index contributed by atoms with van der Waals surface area (Å²) in [6, 6.07) is 6.23. The Morgan fingerprint density at radius 2 is 1.93 bits per heavy atom. The monoisotopic (exact) mass is 431 g/mol. The molecular weight excluding hydrogens is 410 g/mol. The molecule has 0 saturated carbocycles. The summed E-state index contributed by atoms with van der Waals surface area (Å²) >= 11 is 0.880. The lowest BCUT2D eigenvalue weighted by Crippen LogP contribution is -2.31. The summed E-state index contributed by atoms with van der Waals surface area (Å²) in [5, 5.41) is 10.9. The number of nitro benzene ring substituents is 1. The van der Waals surface area contributed by atoms with Crippen molar-refractivity contribution in [2.24, 2.45) is 0 Å². The Balaban J connectivity index is 2.03. The van der Waals surface area contributed by atoms with Crippen LogP contribution in [0.4, 0.5) is 10.5 Å². The summed E-state index contributed by atoms with van der Waals surface area (Å²) in [5.74, 6) is 0.119. The molecule has 2 aromatic rings. The molecule has 158 valence electrons. The van der Waals surface area contributed by atoms with Crippen LogP contribution >= 0.6 is 11.8 Å². The van der Waals surface area contributed by atoms with E-state index in [1.165, 1.54) is 26.4 Å². The maximum atomic E-state index is 12.6. The number of non-ortho nitro benzene ring substituents is 1. The molecule has 3 rings (SSSR count). The number of nitrogens with zero attached hydrogens (tertiary/aromatic N) is 3. The zero-order valence-electron chi connectivity index (χ0n) is 17.0. The number of hydrogen-bond acceptors (Lipinski definition) is 7. The summed E-state index contributed by atoms with van der Waals surface area (Å²) in [4.78, 5) is 37.0. The van der Waals surface area contributed by atoms with Gasteiger partial charge in [-0.05, 0) is 49.4 Å². The Kier molecular flexibility index (Phi) is 6.28. The van der Waals surface area contributed by atoms with Crippen molar-refractivity contribution in [3.8, 4) is 11.4 Å². The third-order valence-electron chi connectivity index (χ3n) is 4.76. The number of thioether (sulfide) groups is 1. The van der Waals surface area contributed by atoms with Gasteiger partial charge >= 0.3 is 0 Å². The van der Waals surface area contributed by atoms with Gasteiger partial charge in [-0.2, -0.15) is 0 Å². The van der Waals surface area contributed by atoms with Crippen LogP contribution in [0.3, 0.4) is 0 Å². The van der Waals surface area contributed by atoms with E-state index in [2.05, 4.69) is 0 Å². The van der Waals surface area contributed by atoms with E-state index in [0.29, 0.717) is 16.3 Å². The van der Waals surface area contributed by atoms with Gasteiger partial charge in [0, 0.05) is 30.6 Å². The molecule has 0 aliphatic carbocycles. The minimum absolute atomic E-state index is 0.0564. The number of imide groups is 1. The molecule has 2 amide bonds. The Bertz CT molecular complexity index is 1060. The molecule has 0 unspecified atom stereocenters. The van der Waals surface area contributed by atoms with Crippen LogP contribution < -0.4 is 4.74 Å². The molecule has 1 aliphatic rings. The fourth-order valence-corrected chi connectivity index (χ4v) is 4.14. The van der Waals surface area contributed by atoms with Crippen molar-refractivity contribution in [2.75, 3.05) is 27.4 Å². The van der Waals surface area contributed by atoms with E-state index in [1.807, 2.05) is 24.5 Å². The average Bonchev–Trinajstić information content (AvgIpc) is 3.14. The quantitative estimate of drug-likeness (QED) is 0.374. The number of aryl methyl sites for hydroxylation is 1. The lowest BCUT2D eigenvalue weighted by atomic mass is 10.2. The number of ether oxygens (including phenoxy) is 2. The first-order valence-electron chi connectivity index (χ1n) is 9.04. The van der Waals surface area contributed by atoms with Crippen molar-refractivity contribution >= 4 is 34.7 Å². The molecule has 0 radical (unpaired) electrons. The Labute approximate surface area is 177 Å². The van der Waals surface area contributed by atoms with Gasteiger partial charge in [-0.1, -0.05) is 0 Å². The standard InChI is InChI=1S/C20H21N3O6S/c1-12-9-14(10-18-19(24)21(7-8-28-3)20(25)30-18)13(2)22(12)16-11-15(23(26)27)5-6-17(16)29-4/h5-6,9-11H,7-8H2,1-4H3/b18-10+. The van der Waals surface area contributed by atoms with Crippen molar-refractivity contribution in [3.05, 3.63) is 56.2 Å². The minimum Gasteiger partial charge on any atom is -0.495 e. The van der Waals surface area contributed by atoms with Crippen LogP contribution in [0, 0.1) is 24.0 Å². The zero-order chi connectivity index (χ0) is 22.0. The molecule has 1 aliphatic heterocycles. The van der Waals surface area contributed by atoms with Crippen molar-refractivity contribution in [3.63, 3.8) is 0 Å². The first-order chi connectivity index (χ1) is 14.3. The molecular formula is C20H21N3O6S. The van der Waals surface area contributed by atoms with Crippen LogP contribution in [0.1, 0.15) is 17.0 Å². The zero-order valence-corrected chi connectivity index (χ0v) is 17.8. The van der Waals surface area contributed by atoms with Crippen LogP contribution in [0.15, 0.2) is 29.2 Å². The second kappa shape index (κ2) is 8.72. The van der Waals surface area contributed by atoms with Crippen LogP contribution in [-0.4, -0.2) is 52.9 Å². The number of nitro groups is 1. The van der Waals surface area contributed by atoms with Crippen molar-refractivity contribution < 1.29 is 24.0 Å². The highest BCUT2D eigenvalue weighted by Gasteiger charge is 2.35. The molecule has 30 heavy (non-hydrogen) atoms. The predicted octanol–water partition coefficient (Wildman–Crippen LogP) is 3.69. The molecule has 9 nitrogen and oxygen atoms in total. The second-order valence-corrected chi connectivity index (χ2v) is 7.59. The Morgan fingerprint density at radius 1 is 1.20 bits per heavy atom. The normalized spacial score (nSPS) is 15.3. The molecule has 0 atom stereocenters. The molecule has 1 aromatic heterocycles. The number of methoxy groups -OCH3 is 2. The van der Waals surface area contributed by atoms with Gasteiger partial charge in [0.15, 0.2) is 0 Å². The minimum atomic E-state index is -0.464. The molecule has 2 heterocycles. The van der Waals surface area contributed by atoms with Crippen molar-refractivity contribution in [1.82, 2.24) is 9.47 Å². The molecule has 1 aromatic carbocycles. The van der Waals surface area contributed by atoms with E-state index < -0.39 is 4.92 Å². The number of aromatic nitrogens is 1. The summed E-state index contributed by atoms with van der Waals surface area (Å²) < 4.78 is 12.2. The molecule has 1 fully saturated rings. The summed E-state index contributed by atoms with van der Waals surface area (Å²) in [6.07, 6.45) is 1.67. The number of benzene rings is 1. The summed E-state index contributed by atoms with van der Waals surface area (Å²) in [5.41, 5.74) is 2.76. The van der Waals surface area contributed by atoms with E-state index in [1.54, 1.807) is 12.1 Å². The lowest BCUT2D eigenvalue weighted by molar-refractivity contribution is -0.384. The number of rotatable bonds is 7. The maximum Gasteiger partial charge on any atom is 0.293 e. The van der Waals surface area contributed by atoms with Gasteiger partial charge in [0.2, 0.25) is 0 Å². The third-order valence-corrected chi connectivity index (χ3v) is 5.67. The van der Waals surface area contributed by atoms with Gasteiger partial charge in [0.05, 0.1) is 35.8 Å². The number of hydrogen-bond donors (Lipinski definition) is 0. The van der Waals surface area contributed by atoms with E-state index in [0.717, 1.165) is 33.6 Å². The fourth-order valence-electron chi connectivity index (χ4n) is 3.29. The van der Waals surface area contributed by atoms with Crippen LogP contribution in [0.5, 0.6) is 5.75 Å². The van der Waals surface area contributed by atoms with Crippen LogP contribution in [0.2, 0.25) is 0 Å². The van der Waals surface area contributed by atoms with Crippen molar-refractivity contribution in [1.29, 1.82) is 0 Å². The topological polar surface area (TPSA) is 104 Å². The van der Waals surface area contributed by atoms with E-state index in [-0.39, 0.29) is 30.0 Å². The molecule has 0 N–H and O–H groups in total. The highest BCUT2D eigenvalue weighted by atomic mass is 32.2. The molecule has 10 heteroatoms. The highest BCUT2D eigenvalue weighted by Crippen LogP contribution is 2.35. The van der Waals surface area contributed by atoms with Gasteiger partial charge in [-0.3, -0.25) is 24.6 Å². The SMILES string of the molecule is COCCN1C(=O)S/C(=C/c2cc(C)n(-c3cc([N+](=O)[O-])ccc3OC)c2C)C1=O. The fraction of sp³-hybridized carbons (Fsp3) is 0.300. The summed E-state index contributed by atoms with van der Waals surface area (Å²) in [7, 11) is 3.00. The molecule has 0 spiro atoms. The van der Waals surface area contributed by atoms with E-state index >= 15 is 0 Å². The molecule has 1 saturated heterocycles. The number of carbonyl (C=O) groups excluding carboxylic acids is 2. The Hall–Kier alpha value is -3.11. The van der Waals surface area contributed by atoms with Crippen LogP contribution in [-0.2, 0) is 9.53 Å². The second-order valence-electron chi connectivity index (χ2n) is 6.60. The average molecular weight is 431 g/mol. The highest BCUT2D eigenvalue weighted by molar-refractivity contribution is 8.18. The van der Waals surface area contributed by atoms with E-state index in [9.17, 15) is 19.7 Å². The largest absolute Gasteiger partial charge is 0.495 e. The van der Waals surface area contributed by atoms with Gasteiger partial charge in [0.1, 0.15) is 5.75 Å². The summed E-state index contributed by atoms with van der Waals surface area (Å²) in [6.45, 7) is 4.16. The molecule has 0 bridgehead atoms. The van der Waals surface area contributed by atoms with Crippen LogP contribution in [0.25, 0.3) is 11.8 Å². The predicted molar refractivity (Wildman–Crippen MR) is 113 cm³/mol. The maximum absolute atomic E-state index is 12.6. The Morgan fingerprint density at radius 3 is 2.57 bits per heavy atom.